The molecule has 1 aromatic rings. The smallest absolute Gasteiger partial charge is 0.115 e. The standard InChI is InChI=1S/C18H29NO/c1-14-5-4-6-17(13-14)19(3)15(2)7-8-16-9-11-18(20)12-10-16/h9-12,14-15,17,20H,4-8,13H2,1-3H3. The van der Waals surface area contributed by atoms with Gasteiger partial charge in [-0.05, 0) is 63.3 Å². The van der Waals surface area contributed by atoms with E-state index in [2.05, 4.69) is 25.8 Å². The lowest BCUT2D eigenvalue weighted by atomic mass is 9.85. The van der Waals surface area contributed by atoms with Crippen LogP contribution in [-0.2, 0) is 6.42 Å². The maximum Gasteiger partial charge on any atom is 0.115 e. The summed E-state index contributed by atoms with van der Waals surface area (Å²) < 4.78 is 0. The molecule has 3 unspecified atom stereocenters. The molecule has 0 aromatic heterocycles. The minimum atomic E-state index is 0.357. The summed E-state index contributed by atoms with van der Waals surface area (Å²) in [5.41, 5.74) is 1.32. The first-order valence-electron chi connectivity index (χ1n) is 8.06. The molecular weight excluding hydrogens is 246 g/mol. The Morgan fingerprint density at radius 1 is 1.25 bits per heavy atom. The Balaban J connectivity index is 1.81. The zero-order chi connectivity index (χ0) is 14.5. The van der Waals surface area contributed by atoms with E-state index in [4.69, 9.17) is 0 Å². The van der Waals surface area contributed by atoms with Crippen molar-refractivity contribution in [2.75, 3.05) is 7.05 Å². The molecule has 1 fully saturated rings. The molecule has 1 aliphatic rings. The molecule has 1 aromatic carbocycles. The number of hydrogen-bond acceptors (Lipinski definition) is 2. The van der Waals surface area contributed by atoms with Gasteiger partial charge in [0.15, 0.2) is 0 Å². The lowest BCUT2D eigenvalue weighted by Gasteiger charge is -2.37. The van der Waals surface area contributed by atoms with E-state index in [-0.39, 0.29) is 0 Å². The third kappa shape index (κ3) is 4.24. The average molecular weight is 275 g/mol. The van der Waals surface area contributed by atoms with Gasteiger partial charge >= 0.3 is 0 Å². The summed E-state index contributed by atoms with van der Waals surface area (Å²) in [5, 5.41) is 9.31. The highest BCUT2D eigenvalue weighted by molar-refractivity contribution is 5.25. The van der Waals surface area contributed by atoms with Crippen LogP contribution in [0.15, 0.2) is 24.3 Å². The molecule has 0 amide bonds. The highest BCUT2D eigenvalue weighted by atomic mass is 16.3. The van der Waals surface area contributed by atoms with E-state index in [1.807, 2.05) is 12.1 Å². The Morgan fingerprint density at radius 3 is 2.60 bits per heavy atom. The lowest BCUT2D eigenvalue weighted by Crippen LogP contribution is -2.41. The Morgan fingerprint density at radius 2 is 1.95 bits per heavy atom. The fourth-order valence-electron chi connectivity index (χ4n) is 3.37. The maximum absolute atomic E-state index is 9.31. The molecule has 20 heavy (non-hydrogen) atoms. The lowest BCUT2D eigenvalue weighted by molar-refractivity contribution is 0.121. The van der Waals surface area contributed by atoms with Gasteiger partial charge in [-0.2, -0.15) is 0 Å². The second kappa shape index (κ2) is 7.12. The summed E-state index contributed by atoms with van der Waals surface area (Å²) in [5.74, 6) is 1.25. The Kier molecular flexibility index (Phi) is 5.47. The van der Waals surface area contributed by atoms with Crippen LogP contribution in [0.1, 0.15) is 51.5 Å². The first kappa shape index (κ1) is 15.4. The molecule has 2 rings (SSSR count). The number of hydrogen-bond donors (Lipinski definition) is 1. The van der Waals surface area contributed by atoms with Gasteiger partial charge in [0.25, 0.3) is 0 Å². The van der Waals surface area contributed by atoms with Gasteiger partial charge in [0, 0.05) is 12.1 Å². The van der Waals surface area contributed by atoms with Crippen molar-refractivity contribution in [1.82, 2.24) is 4.90 Å². The monoisotopic (exact) mass is 275 g/mol. The fourth-order valence-corrected chi connectivity index (χ4v) is 3.37. The van der Waals surface area contributed by atoms with Gasteiger partial charge in [0.2, 0.25) is 0 Å². The Bertz CT molecular complexity index is 400. The number of aryl methyl sites for hydroxylation is 1. The van der Waals surface area contributed by atoms with Crippen molar-refractivity contribution in [3.05, 3.63) is 29.8 Å². The summed E-state index contributed by atoms with van der Waals surface area (Å²) in [4.78, 5) is 2.59. The molecule has 1 aliphatic carbocycles. The first-order chi connectivity index (χ1) is 9.56. The molecule has 0 aliphatic heterocycles. The molecular formula is C18H29NO. The molecule has 3 atom stereocenters. The van der Waals surface area contributed by atoms with Crippen molar-refractivity contribution >= 4 is 0 Å². The molecule has 2 heteroatoms. The van der Waals surface area contributed by atoms with Gasteiger partial charge in [-0.1, -0.05) is 31.9 Å². The van der Waals surface area contributed by atoms with E-state index in [9.17, 15) is 5.11 Å². The predicted molar refractivity (Wildman–Crippen MR) is 85.1 cm³/mol. The van der Waals surface area contributed by atoms with Gasteiger partial charge in [-0.25, -0.2) is 0 Å². The number of rotatable bonds is 5. The Hall–Kier alpha value is -1.02. The van der Waals surface area contributed by atoms with Crippen LogP contribution in [0.3, 0.4) is 0 Å². The van der Waals surface area contributed by atoms with E-state index in [0.717, 1.165) is 18.4 Å². The van der Waals surface area contributed by atoms with E-state index >= 15 is 0 Å². The third-order valence-corrected chi connectivity index (χ3v) is 4.97. The van der Waals surface area contributed by atoms with E-state index in [1.54, 1.807) is 12.1 Å². The molecule has 0 heterocycles. The van der Waals surface area contributed by atoms with Crippen LogP contribution >= 0.6 is 0 Å². The van der Waals surface area contributed by atoms with Crippen molar-refractivity contribution in [3.8, 4) is 5.75 Å². The zero-order valence-corrected chi connectivity index (χ0v) is 13.2. The highest BCUT2D eigenvalue weighted by Gasteiger charge is 2.24. The SMILES string of the molecule is CC1CCCC(N(C)C(C)CCc2ccc(O)cc2)C1. The summed E-state index contributed by atoms with van der Waals surface area (Å²) in [6, 6.07) is 9.03. The van der Waals surface area contributed by atoms with Crippen LogP contribution in [0.5, 0.6) is 5.75 Å². The van der Waals surface area contributed by atoms with Crippen molar-refractivity contribution < 1.29 is 5.11 Å². The van der Waals surface area contributed by atoms with Gasteiger partial charge in [-0.3, -0.25) is 0 Å². The minimum absolute atomic E-state index is 0.357. The second-order valence-corrected chi connectivity index (χ2v) is 6.65. The first-order valence-corrected chi connectivity index (χ1v) is 8.06. The number of aromatic hydroxyl groups is 1. The minimum Gasteiger partial charge on any atom is -0.508 e. The molecule has 0 bridgehead atoms. The zero-order valence-electron chi connectivity index (χ0n) is 13.2. The van der Waals surface area contributed by atoms with Crippen LogP contribution in [0.25, 0.3) is 0 Å². The topological polar surface area (TPSA) is 23.5 Å². The average Bonchev–Trinajstić information content (AvgIpc) is 2.45. The summed E-state index contributed by atoms with van der Waals surface area (Å²) in [6.07, 6.45) is 7.80. The van der Waals surface area contributed by atoms with Crippen molar-refractivity contribution in [3.63, 3.8) is 0 Å². The van der Waals surface area contributed by atoms with E-state index < -0.39 is 0 Å². The molecule has 1 saturated carbocycles. The number of benzene rings is 1. The van der Waals surface area contributed by atoms with Crippen LogP contribution in [0.4, 0.5) is 0 Å². The summed E-state index contributed by atoms with van der Waals surface area (Å²) in [6.45, 7) is 4.74. The number of phenolic OH excluding ortho intramolecular Hbond substituents is 1. The van der Waals surface area contributed by atoms with Crippen molar-refractivity contribution in [1.29, 1.82) is 0 Å². The summed E-state index contributed by atoms with van der Waals surface area (Å²) in [7, 11) is 2.30. The maximum atomic E-state index is 9.31. The molecule has 1 N–H and O–H groups in total. The second-order valence-electron chi connectivity index (χ2n) is 6.65. The fraction of sp³-hybridized carbons (Fsp3) is 0.667. The van der Waals surface area contributed by atoms with E-state index in [1.165, 1.54) is 37.7 Å². The predicted octanol–water partition coefficient (Wildman–Crippen LogP) is 4.22. The number of nitrogens with zero attached hydrogens (tertiary/aromatic N) is 1. The Labute approximate surface area is 123 Å². The van der Waals surface area contributed by atoms with Gasteiger partial charge in [0.05, 0.1) is 0 Å². The molecule has 0 saturated heterocycles. The molecule has 112 valence electrons. The normalized spacial score (nSPS) is 24.8. The van der Waals surface area contributed by atoms with Gasteiger partial charge in [-0.15, -0.1) is 0 Å². The van der Waals surface area contributed by atoms with Gasteiger partial charge < -0.3 is 10.0 Å². The van der Waals surface area contributed by atoms with Crippen LogP contribution in [0, 0.1) is 5.92 Å². The van der Waals surface area contributed by atoms with Gasteiger partial charge in [0.1, 0.15) is 5.75 Å². The molecule has 0 radical (unpaired) electrons. The quantitative estimate of drug-likeness (QED) is 0.869. The van der Waals surface area contributed by atoms with Crippen LogP contribution in [0.2, 0.25) is 0 Å². The van der Waals surface area contributed by atoms with Crippen molar-refractivity contribution in [2.45, 2.75) is 64.5 Å². The van der Waals surface area contributed by atoms with E-state index in [0.29, 0.717) is 11.8 Å². The highest BCUT2D eigenvalue weighted by Crippen LogP contribution is 2.28. The largest absolute Gasteiger partial charge is 0.508 e. The third-order valence-electron chi connectivity index (χ3n) is 4.97. The molecule has 2 nitrogen and oxygen atoms in total. The molecule has 0 spiro atoms. The van der Waals surface area contributed by atoms with Crippen LogP contribution < -0.4 is 0 Å². The number of phenols is 1. The van der Waals surface area contributed by atoms with Crippen molar-refractivity contribution in [2.24, 2.45) is 5.92 Å². The summed E-state index contributed by atoms with van der Waals surface area (Å²) >= 11 is 0. The van der Waals surface area contributed by atoms with Crippen LogP contribution in [-0.4, -0.2) is 29.1 Å².